The van der Waals surface area contributed by atoms with E-state index in [0.29, 0.717) is 23.1 Å². The maximum atomic E-state index is 13.1. The number of halogens is 1. The molecule has 2 aliphatic rings. The molecule has 2 atom stereocenters. The summed E-state index contributed by atoms with van der Waals surface area (Å²) in [7, 11) is 1.94. The van der Waals surface area contributed by atoms with E-state index in [-0.39, 0.29) is 5.91 Å². The fourth-order valence-corrected chi connectivity index (χ4v) is 5.24. The van der Waals surface area contributed by atoms with Crippen molar-refractivity contribution in [2.45, 2.75) is 50.7 Å². The number of carbonyl (C=O) groups excluding carboxylic acids is 1. The molecule has 0 aliphatic carbocycles. The number of rotatable bonds is 3. The maximum absolute atomic E-state index is 13.1. The average molecular weight is 376 g/mol. The van der Waals surface area contributed by atoms with E-state index in [2.05, 4.69) is 10.3 Å². The van der Waals surface area contributed by atoms with Crippen molar-refractivity contribution in [3.05, 3.63) is 39.9 Å². The van der Waals surface area contributed by atoms with Crippen LogP contribution in [0.1, 0.15) is 41.0 Å². The van der Waals surface area contributed by atoms with Gasteiger partial charge in [-0.1, -0.05) is 23.7 Å². The van der Waals surface area contributed by atoms with E-state index in [9.17, 15) is 4.79 Å². The number of aryl methyl sites for hydroxylation is 1. The Morgan fingerprint density at radius 2 is 2.04 bits per heavy atom. The monoisotopic (exact) mass is 375 g/mol. The second kappa shape index (κ2) is 6.71. The summed E-state index contributed by atoms with van der Waals surface area (Å²) in [5.41, 5.74) is 1.76. The first-order chi connectivity index (χ1) is 12.0. The number of nitrogens with one attached hydrogen (secondary N) is 1. The van der Waals surface area contributed by atoms with Gasteiger partial charge in [-0.15, -0.1) is 11.3 Å². The van der Waals surface area contributed by atoms with Crippen molar-refractivity contribution in [1.82, 2.24) is 15.2 Å². The number of hydrogen-bond acceptors (Lipinski definition) is 4. The number of piperidine rings is 1. The van der Waals surface area contributed by atoms with Crippen LogP contribution < -0.4 is 5.32 Å². The van der Waals surface area contributed by atoms with Crippen molar-refractivity contribution >= 4 is 28.8 Å². The predicted octanol–water partition coefficient (Wildman–Crippen LogP) is 4.13. The molecule has 2 fully saturated rings. The summed E-state index contributed by atoms with van der Waals surface area (Å²) >= 11 is 7.55. The maximum Gasteiger partial charge on any atom is 0.265 e. The summed E-state index contributed by atoms with van der Waals surface area (Å²) in [5, 5.41) is 5.17. The largest absolute Gasteiger partial charge is 0.338 e. The Balaban J connectivity index is 1.56. The molecule has 1 amide bonds. The molecule has 25 heavy (non-hydrogen) atoms. The van der Waals surface area contributed by atoms with Gasteiger partial charge in [-0.2, -0.15) is 0 Å². The molecule has 0 spiro atoms. The third-order valence-electron chi connectivity index (χ3n) is 5.38. The molecule has 1 aromatic heterocycles. The van der Waals surface area contributed by atoms with E-state index in [1.54, 1.807) is 0 Å². The predicted molar refractivity (Wildman–Crippen MR) is 102 cm³/mol. The topological polar surface area (TPSA) is 45.2 Å². The second-order valence-electron chi connectivity index (χ2n) is 7.12. The van der Waals surface area contributed by atoms with Gasteiger partial charge in [0, 0.05) is 35.8 Å². The van der Waals surface area contributed by atoms with Gasteiger partial charge in [0.05, 0.1) is 5.69 Å². The lowest BCUT2D eigenvalue weighted by atomic mass is 9.98. The number of amides is 1. The van der Waals surface area contributed by atoms with Gasteiger partial charge in [0.15, 0.2) is 0 Å². The quantitative estimate of drug-likeness (QED) is 0.877. The van der Waals surface area contributed by atoms with Crippen molar-refractivity contribution in [2.24, 2.45) is 0 Å². The molecule has 4 rings (SSSR count). The van der Waals surface area contributed by atoms with Crippen LogP contribution in [0.2, 0.25) is 5.02 Å². The zero-order chi connectivity index (χ0) is 17.6. The molecule has 0 saturated carbocycles. The number of carbonyl (C=O) groups is 1. The smallest absolute Gasteiger partial charge is 0.265 e. The number of benzene rings is 1. The number of nitrogens with zero attached hydrogens (tertiary/aromatic N) is 2. The van der Waals surface area contributed by atoms with Gasteiger partial charge in [0.2, 0.25) is 0 Å². The minimum Gasteiger partial charge on any atom is -0.338 e. The van der Waals surface area contributed by atoms with Crippen molar-refractivity contribution in [1.29, 1.82) is 0 Å². The highest BCUT2D eigenvalue weighted by Crippen LogP contribution is 2.33. The first kappa shape index (κ1) is 17.0. The summed E-state index contributed by atoms with van der Waals surface area (Å²) in [6, 6.07) is 9.09. The molecule has 1 aromatic carbocycles. The normalized spacial score (nSPS) is 25.2. The van der Waals surface area contributed by atoms with E-state index in [1.165, 1.54) is 24.2 Å². The Kier molecular flexibility index (Phi) is 4.56. The number of hydrogen-bond donors (Lipinski definition) is 1. The van der Waals surface area contributed by atoms with E-state index >= 15 is 0 Å². The first-order valence-corrected chi connectivity index (χ1v) is 9.97. The van der Waals surface area contributed by atoms with E-state index in [1.807, 2.05) is 43.1 Å². The molecule has 132 valence electrons. The molecular formula is C19H22ClN3OS. The summed E-state index contributed by atoms with van der Waals surface area (Å²) in [6.45, 7) is 1.91. The standard InChI is InChI=1S/C19H22ClN3OS/c1-11-17(25-18(21-11)12-4-3-5-13(20)8-12)19(24)23(2)16-9-14-6-7-15(10-16)22-14/h3-5,8,14-16,22H,6-7,9-10H2,1-2H3. The highest BCUT2D eigenvalue weighted by atomic mass is 35.5. The second-order valence-corrected chi connectivity index (χ2v) is 8.56. The lowest BCUT2D eigenvalue weighted by Crippen LogP contribution is -2.48. The average Bonchev–Trinajstić information content (AvgIpc) is 3.15. The molecule has 2 saturated heterocycles. The molecule has 2 bridgehead atoms. The number of thiazole rings is 1. The van der Waals surface area contributed by atoms with Crippen LogP contribution in [-0.2, 0) is 0 Å². The van der Waals surface area contributed by atoms with Crippen LogP contribution in [0, 0.1) is 6.92 Å². The molecule has 2 unspecified atom stereocenters. The third-order valence-corrected chi connectivity index (χ3v) is 6.81. The summed E-state index contributed by atoms with van der Waals surface area (Å²) in [4.78, 5) is 20.4. The first-order valence-electron chi connectivity index (χ1n) is 8.78. The van der Waals surface area contributed by atoms with Crippen LogP contribution in [0.4, 0.5) is 0 Å². The van der Waals surface area contributed by atoms with Gasteiger partial charge in [0.1, 0.15) is 9.88 Å². The van der Waals surface area contributed by atoms with Crippen molar-refractivity contribution < 1.29 is 4.79 Å². The van der Waals surface area contributed by atoms with Gasteiger partial charge in [0.25, 0.3) is 5.91 Å². The van der Waals surface area contributed by atoms with Crippen LogP contribution in [0.25, 0.3) is 10.6 Å². The molecule has 1 N–H and O–H groups in total. The van der Waals surface area contributed by atoms with Gasteiger partial charge in [-0.3, -0.25) is 4.79 Å². The number of fused-ring (bicyclic) bond motifs is 2. The molecule has 0 radical (unpaired) electrons. The summed E-state index contributed by atoms with van der Waals surface area (Å²) in [5.74, 6) is 0.0922. The Morgan fingerprint density at radius 3 is 2.72 bits per heavy atom. The fraction of sp³-hybridized carbons (Fsp3) is 0.474. The molecular weight excluding hydrogens is 354 g/mol. The van der Waals surface area contributed by atoms with E-state index in [0.717, 1.165) is 34.0 Å². The zero-order valence-electron chi connectivity index (χ0n) is 14.5. The molecule has 2 aromatic rings. The summed E-state index contributed by atoms with van der Waals surface area (Å²) in [6.07, 6.45) is 4.58. The number of aromatic nitrogens is 1. The minimum absolute atomic E-state index is 0.0922. The minimum atomic E-state index is 0.0922. The zero-order valence-corrected chi connectivity index (χ0v) is 16.0. The Labute approximate surface area is 157 Å². The van der Waals surface area contributed by atoms with Crippen LogP contribution in [0.3, 0.4) is 0 Å². The van der Waals surface area contributed by atoms with Gasteiger partial charge >= 0.3 is 0 Å². The molecule has 4 nitrogen and oxygen atoms in total. The summed E-state index contributed by atoms with van der Waals surface area (Å²) < 4.78 is 0. The highest BCUT2D eigenvalue weighted by molar-refractivity contribution is 7.17. The Bertz CT molecular complexity index is 794. The van der Waals surface area contributed by atoms with Gasteiger partial charge in [-0.25, -0.2) is 4.98 Å². The van der Waals surface area contributed by atoms with Crippen molar-refractivity contribution in [2.75, 3.05) is 7.05 Å². The highest BCUT2D eigenvalue weighted by Gasteiger charge is 2.37. The third kappa shape index (κ3) is 3.33. The lowest BCUT2D eigenvalue weighted by molar-refractivity contribution is 0.0685. The van der Waals surface area contributed by atoms with Crippen LogP contribution >= 0.6 is 22.9 Å². The van der Waals surface area contributed by atoms with Gasteiger partial charge in [-0.05, 0) is 44.7 Å². The van der Waals surface area contributed by atoms with Crippen LogP contribution in [0.15, 0.2) is 24.3 Å². The van der Waals surface area contributed by atoms with E-state index in [4.69, 9.17) is 11.6 Å². The fourth-order valence-electron chi connectivity index (χ4n) is 4.01. The Morgan fingerprint density at radius 1 is 1.32 bits per heavy atom. The van der Waals surface area contributed by atoms with Gasteiger partial charge < -0.3 is 10.2 Å². The molecule has 3 heterocycles. The molecule has 2 aliphatic heterocycles. The SMILES string of the molecule is Cc1nc(-c2cccc(Cl)c2)sc1C(=O)N(C)C1CC2CCC(C1)N2. The van der Waals surface area contributed by atoms with E-state index < -0.39 is 0 Å². The lowest BCUT2D eigenvalue weighted by Gasteiger charge is -2.35. The van der Waals surface area contributed by atoms with Crippen molar-refractivity contribution in [3.63, 3.8) is 0 Å². The molecule has 6 heteroatoms. The van der Waals surface area contributed by atoms with Crippen molar-refractivity contribution in [3.8, 4) is 10.6 Å². The Hall–Kier alpha value is -1.43. The van der Waals surface area contributed by atoms with Crippen LogP contribution in [0.5, 0.6) is 0 Å². The van der Waals surface area contributed by atoms with Crippen LogP contribution in [-0.4, -0.2) is 41.0 Å².